The third-order valence-electron chi connectivity index (χ3n) is 3.66. The zero-order valence-electron chi connectivity index (χ0n) is 15.2. The maximum absolute atomic E-state index is 12.2. The predicted octanol–water partition coefficient (Wildman–Crippen LogP) is 2.51. The first-order valence-electron chi connectivity index (χ1n) is 8.34. The van der Waals surface area contributed by atoms with Crippen molar-refractivity contribution in [2.24, 2.45) is 5.92 Å². The highest BCUT2D eigenvalue weighted by molar-refractivity contribution is 5.98. The van der Waals surface area contributed by atoms with E-state index >= 15 is 0 Å². The number of hydrazine groups is 1. The van der Waals surface area contributed by atoms with E-state index in [2.05, 4.69) is 26.1 Å². The van der Waals surface area contributed by atoms with E-state index in [1.165, 1.54) is 24.3 Å². The molecule has 2 rings (SSSR count). The maximum Gasteiger partial charge on any atom is 0.354 e. The van der Waals surface area contributed by atoms with Gasteiger partial charge in [-0.15, -0.1) is 0 Å². The van der Waals surface area contributed by atoms with Gasteiger partial charge < -0.3 is 5.32 Å². The molecule has 3 N–H and O–H groups in total. The van der Waals surface area contributed by atoms with Crippen molar-refractivity contribution in [1.29, 1.82) is 0 Å². The topological polar surface area (TPSA) is 165 Å². The molecule has 0 aliphatic carbocycles. The predicted molar refractivity (Wildman–Crippen MR) is 101 cm³/mol. The summed E-state index contributed by atoms with van der Waals surface area (Å²) in [6.07, 6.45) is 1.88. The normalized spacial score (nSPS) is 10.4. The Balaban J connectivity index is 2.19. The molecule has 1 heterocycles. The van der Waals surface area contributed by atoms with Crippen molar-refractivity contribution >= 4 is 28.9 Å². The van der Waals surface area contributed by atoms with Crippen LogP contribution in [0.2, 0.25) is 0 Å². The molecule has 1 aromatic heterocycles. The molecule has 0 atom stereocenters. The number of para-hydroxylation sites is 1. The van der Waals surface area contributed by atoms with Gasteiger partial charge in [-0.05, 0) is 18.4 Å². The Hall–Kier alpha value is -3.83. The second kappa shape index (κ2) is 9.21. The summed E-state index contributed by atoms with van der Waals surface area (Å²) in [6.45, 7) is 4.50. The summed E-state index contributed by atoms with van der Waals surface area (Å²) >= 11 is 0. The molecule has 12 heteroatoms. The number of carbonyl (C=O) groups is 1. The van der Waals surface area contributed by atoms with Gasteiger partial charge in [0, 0.05) is 12.6 Å². The minimum atomic E-state index is -0.838. The zero-order valence-corrected chi connectivity index (χ0v) is 15.2. The third kappa shape index (κ3) is 5.09. The van der Waals surface area contributed by atoms with E-state index in [1.807, 2.05) is 13.8 Å². The number of rotatable bonds is 9. The van der Waals surface area contributed by atoms with E-state index < -0.39 is 27.1 Å². The Bertz CT molecular complexity index is 887. The lowest BCUT2D eigenvalue weighted by Crippen LogP contribution is -2.31. The minimum Gasteiger partial charge on any atom is -0.364 e. The van der Waals surface area contributed by atoms with E-state index in [-0.39, 0.29) is 17.2 Å². The van der Waals surface area contributed by atoms with Crippen molar-refractivity contribution < 1.29 is 14.6 Å². The molecule has 148 valence electrons. The Morgan fingerprint density at radius 3 is 2.43 bits per heavy atom. The van der Waals surface area contributed by atoms with Crippen LogP contribution in [0.1, 0.15) is 30.6 Å². The summed E-state index contributed by atoms with van der Waals surface area (Å²) in [5, 5.41) is 25.3. The molecule has 28 heavy (non-hydrogen) atoms. The first-order valence-corrected chi connectivity index (χ1v) is 8.34. The Labute approximate surface area is 159 Å². The lowest BCUT2D eigenvalue weighted by atomic mass is 10.1. The Morgan fingerprint density at radius 1 is 1.11 bits per heavy atom. The van der Waals surface area contributed by atoms with Crippen LogP contribution in [0.25, 0.3) is 0 Å². The fraction of sp³-hybridized carbons (Fsp3) is 0.312. The van der Waals surface area contributed by atoms with Gasteiger partial charge in [0.2, 0.25) is 11.6 Å². The second-order valence-electron chi connectivity index (χ2n) is 6.14. The number of carbonyl (C=O) groups excluding carboxylic acids is 1. The van der Waals surface area contributed by atoms with E-state index in [0.29, 0.717) is 12.5 Å². The molecule has 0 spiro atoms. The van der Waals surface area contributed by atoms with Crippen molar-refractivity contribution in [2.45, 2.75) is 20.3 Å². The fourth-order valence-electron chi connectivity index (χ4n) is 2.26. The van der Waals surface area contributed by atoms with Crippen LogP contribution in [0.3, 0.4) is 0 Å². The molecule has 0 bridgehead atoms. The average Bonchev–Trinajstić information content (AvgIpc) is 2.65. The quantitative estimate of drug-likeness (QED) is 0.431. The largest absolute Gasteiger partial charge is 0.364 e. The van der Waals surface area contributed by atoms with Gasteiger partial charge in [-0.1, -0.05) is 26.0 Å². The Morgan fingerprint density at radius 2 is 1.79 bits per heavy atom. The van der Waals surface area contributed by atoms with Gasteiger partial charge >= 0.3 is 5.69 Å². The van der Waals surface area contributed by atoms with E-state index in [9.17, 15) is 25.0 Å². The number of nitrogens with one attached hydrogen (secondary N) is 3. The molecule has 1 amide bonds. The number of nitro benzene ring substituents is 1. The van der Waals surface area contributed by atoms with Gasteiger partial charge in [0.25, 0.3) is 11.6 Å². The molecule has 1 aromatic carbocycles. The molecule has 2 aromatic rings. The number of hydrogen-bond acceptors (Lipinski definition) is 9. The van der Waals surface area contributed by atoms with Crippen LogP contribution in [-0.2, 0) is 0 Å². The number of benzene rings is 1. The molecule has 0 aliphatic rings. The molecule has 12 nitrogen and oxygen atoms in total. The number of anilines is 2. The number of amides is 1. The first kappa shape index (κ1) is 20.5. The van der Waals surface area contributed by atoms with Gasteiger partial charge in [0.1, 0.15) is 11.9 Å². The highest BCUT2D eigenvalue weighted by Gasteiger charge is 2.24. The number of nitro groups is 2. The van der Waals surface area contributed by atoms with Gasteiger partial charge in [-0.25, -0.2) is 9.97 Å². The number of nitrogens with zero attached hydrogens (tertiary/aromatic N) is 4. The molecule has 0 radical (unpaired) electrons. The maximum atomic E-state index is 12.2. The van der Waals surface area contributed by atoms with Crippen LogP contribution in [0.5, 0.6) is 0 Å². The summed E-state index contributed by atoms with van der Waals surface area (Å²) in [5.41, 5.74) is 3.49. The summed E-state index contributed by atoms with van der Waals surface area (Å²) in [6, 6.07) is 5.33. The van der Waals surface area contributed by atoms with Crippen molar-refractivity contribution in [1.82, 2.24) is 15.4 Å². The summed E-state index contributed by atoms with van der Waals surface area (Å²) in [5.74, 6) is -0.691. The van der Waals surface area contributed by atoms with Crippen LogP contribution in [-0.4, -0.2) is 32.3 Å². The number of aromatic nitrogens is 2. The SMILES string of the molecule is CC(C)CCNc1ncnc(NNC(=O)c2ccccc2[N+](=O)[O-])c1[N+](=O)[O-]. The summed E-state index contributed by atoms with van der Waals surface area (Å²) < 4.78 is 0. The van der Waals surface area contributed by atoms with E-state index in [1.54, 1.807) is 0 Å². The smallest absolute Gasteiger partial charge is 0.354 e. The monoisotopic (exact) mass is 389 g/mol. The molecular formula is C16H19N7O5. The van der Waals surface area contributed by atoms with Crippen LogP contribution < -0.4 is 16.2 Å². The van der Waals surface area contributed by atoms with E-state index in [4.69, 9.17) is 0 Å². The van der Waals surface area contributed by atoms with Crippen molar-refractivity contribution in [2.75, 3.05) is 17.3 Å². The molecule has 0 aliphatic heterocycles. The highest BCUT2D eigenvalue weighted by atomic mass is 16.6. The Kier molecular flexibility index (Phi) is 6.73. The van der Waals surface area contributed by atoms with Gasteiger partial charge in [0.05, 0.1) is 9.85 Å². The lowest BCUT2D eigenvalue weighted by molar-refractivity contribution is -0.385. The van der Waals surface area contributed by atoms with Crippen molar-refractivity contribution in [3.8, 4) is 0 Å². The first-order chi connectivity index (χ1) is 13.3. The number of hydrogen-bond donors (Lipinski definition) is 3. The second-order valence-corrected chi connectivity index (χ2v) is 6.14. The highest BCUT2D eigenvalue weighted by Crippen LogP contribution is 2.28. The van der Waals surface area contributed by atoms with Crippen molar-refractivity contribution in [3.05, 3.63) is 56.4 Å². The van der Waals surface area contributed by atoms with Crippen LogP contribution in [0, 0.1) is 26.1 Å². The van der Waals surface area contributed by atoms with Crippen LogP contribution in [0.15, 0.2) is 30.6 Å². The summed E-state index contributed by atoms with van der Waals surface area (Å²) in [7, 11) is 0. The molecule has 0 saturated heterocycles. The fourth-order valence-corrected chi connectivity index (χ4v) is 2.26. The average molecular weight is 389 g/mol. The zero-order chi connectivity index (χ0) is 20.7. The van der Waals surface area contributed by atoms with Gasteiger partial charge in [-0.2, -0.15) is 0 Å². The minimum absolute atomic E-state index is 0.00286. The summed E-state index contributed by atoms with van der Waals surface area (Å²) in [4.78, 5) is 41.0. The van der Waals surface area contributed by atoms with Crippen LogP contribution >= 0.6 is 0 Å². The third-order valence-corrected chi connectivity index (χ3v) is 3.66. The molecule has 0 fully saturated rings. The molecule has 0 unspecified atom stereocenters. The van der Waals surface area contributed by atoms with Crippen molar-refractivity contribution in [3.63, 3.8) is 0 Å². The lowest BCUT2D eigenvalue weighted by Gasteiger charge is -2.11. The molecular weight excluding hydrogens is 370 g/mol. The van der Waals surface area contributed by atoms with Gasteiger partial charge in [-0.3, -0.25) is 35.9 Å². The molecule has 0 saturated carbocycles. The van der Waals surface area contributed by atoms with E-state index in [0.717, 1.165) is 12.7 Å². The van der Waals surface area contributed by atoms with Crippen LogP contribution in [0.4, 0.5) is 23.0 Å². The standard InChI is InChI=1S/C16H19N7O5/c1-10(2)7-8-17-14-13(23(27)28)15(19-9-18-14)20-21-16(24)11-5-3-4-6-12(11)22(25)26/h3-6,9-10H,7-8H2,1-2H3,(H,21,24)(H2,17,18,19,20). The van der Waals surface area contributed by atoms with Gasteiger partial charge in [0.15, 0.2) is 0 Å².